The summed E-state index contributed by atoms with van der Waals surface area (Å²) >= 11 is 0. The Morgan fingerprint density at radius 3 is 2.42 bits per heavy atom. The number of carbonyl (C=O) groups excluding carboxylic acids is 3. The maximum Gasteiger partial charge on any atom is 0.337 e. The lowest BCUT2D eigenvalue weighted by molar-refractivity contribution is -0.133. The van der Waals surface area contributed by atoms with Crippen LogP contribution in [0.15, 0.2) is 48.5 Å². The third kappa shape index (κ3) is 3.96. The molecular formula is C17H13N3O4. The quantitative estimate of drug-likeness (QED) is 0.662. The summed E-state index contributed by atoms with van der Waals surface area (Å²) in [5.41, 5.74) is 0.993. The van der Waals surface area contributed by atoms with Crippen molar-refractivity contribution in [3.63, 3.8) is 0 Å². The maximum absolute atomic E-state index is 11.9. The van der Waals surface area contributed by atoms with Crippen LogP contribution in [-0.2, 0) is 14.3 Å². The Kier molecular flexibility index (Phi) is 5.26. The molecule has 7 heteroatoms. The summed E-state index contributed by atoms with van der Waals surface area (Å²) in [6, 6.07) is 14.2. The predicted octanol–water partition coefficient (Wildman–Crippen LogP) is 1.92. The molecule has 0 heterocycles. The van der Waals surface area contributed by atoms with Gasteiger partial charge in [0.1, 0.15) is 6.07 Å². The molecule has 0 bridgehead atoms. The van der Waals surface area contributed by atoms with Crippen molar-refractivity contribution in [2.24, 2.45) is 0 Å². The van der Waals surface area contributed by atoms with E-state index in [0.29, 0.717) is 0 Å². The molecule has 120 valence electrons. The van der Waals surface area contributed by atoms with Crippen molar-refractivity contribution >= 4 is 29.2 Å². The Labute approximate surface area is 137 Å². The zero-order valence-electron chi connectivity index (χ0n) is 12.7. The molecular weight excluding hydrogens is 310 g/mol. The van der Waals surface area contributed by atoms with Crippen LogP contribution in [0.4, 0.5) is 11.4 Å². The second-order valence-electron chi connectivity index (χ2n) is 4.64. The van der Waals surface area contributed by atoms with Crippen LogP contribution in [0, 0.1) is 11.3 Å². The first-order valence-corrected chi connectivity index (χ1v) is 6.85. The van der Waals surface area contributed by atoms with Gasteiger partial charge in [-0.1, -0.05) is 18.2 Å². The number of benzene rings is 2. The van der Waals surface area contributed by atoms with Crippen LogP contribution in [-0.4, -0.2) is 24.9 Å². The van der Waals surface area contributed by atoms with E-state index in [9.17, 15) is 14.4 Å². The van der Waals surface area contributed by atoms with Crippen LogP contribution >= 0.6 is 0 Å². The summed E-state index contributed by atoms with van der Waals surface area (Å²) < 4.78 is 4.59. The van der Waals surface area contributed by atoms with Crippen molar-refractivity contribution in [2.75, 3.05) is 17.7 Å². The summed E-state index contributed by atoms with van der Waals surface area (Å²) in [5.74, 6) is -2.41. The molecule has 0 spiro atoms. The Morgan fingerprint density at radius 1 is 1.00 bits per heavy atom. The molecule has 0 fully saturated rings. The molecule has 0 atom stereocenters. The average Bonchev–Trinajstić information content (AvgIpc) is 2.61. The van der Waals surface area contributed by atoms with Crippen LogP contribution in [0.25, 0.3) is 0 Å². The molecule has 7 nitrogen and oxygen atoms in total. The van der Waals surface area contributed by atoms with Gasteiger partial charge in [-0.2, -0.15) is 5.26 Å². The van der Waals surface area contributed by atoms with E-state index in [-0.39, 0.29) is 22.5 Å². The van der Waals surface area contributed by atoms with Gasteiger partial charge in [-0.15, -0.1) is 0 Å². The van der Waals surface area contributed by atoms with E-state index in [1.54, 1.807) is 18.2 Å². The van der Waals surface area contributed by atoms with Crippen LogP contribution < -0.4 is 10.6 Å². The highest BCUT2D eigenvalue weighted by atomic mass is 16.5. The number of anilines is 2. The Hall–Kier alpha value is -3.66. The standard InChI is InChI=1S/C17H13N3O4/c1-24-17(23)11-6-4-7-13(9-11)19-15(21)16(22)20-14-8-3-2-5-12(14)10-18/h2-9H,1H3,(H,19,21)(H,20,22). The summed E-state index contributed by atoms with van der Waals surface area (Å²) in [5, 5.41) is 13.7. The van der Waals surface area contributed by atoms with Crippen molar-refractivity contribution in [2.45, 2.75) is 0 Å². The van der Waals surface area contributed by atoms with E-state index in [1.165, 1.54) is 37.4 Å². The molecule has 0 aromatic heterocycles. The number of carbonyl (C=O) groups is 3. The molecule has 2 aromatic rings. The second kappa shape index (κ2) is 7.56. The summed E-state index contributed by atoms with van der Waals surface area (Å²) in [6.07, 6.45) is 0. The number of amides is 2. The van der Waals surface area contributed by atoms with Crippen LogP contribution in [0.3, 0.4) is 0 Å². The van der Waals surface area contributed by atoms with Gasteiger partial charge in [0.25, 0.3) is 0 Å². The molecule has 0 radical (unpaired) electrons. The number of para-hydroxylation sites is 1. The molecule has 0 aliphatic heterocycles. The summed E-state index contributed by atoms with van der Waals surface area (Å²) in [6.45, 7) is 0. The number of nitriles is 1. The predicted molar refractivity (Wildman–Crippen MR) is 86.2 cm³/mol. The average molecular weight is 323 g/mol. The fourth-order valence-electron chi connectivity index (χ4n) is 1.90. The monoisotopic (exact) mass is 323 g/mol. The zero-order valence-corrected chi connectivity index (χ0v) is 12.7. The lowest BCUT2D eigenvalue weighted by atomic mass is 10.2. The molecule has 0 saturated carbocycles. The minimum atomic E-state index is -0.929. The lowest BCUT2D eigenvalue weighted by Crippen LogP contribution is -2.29. The minimum absolute atomic E-state index is 0.239. The van der Waals surface area contributed by atoms with Gasteiger partial charge in [0.2, 0.25) is 0 Å². The minimum Gasteiger partial charge on any atom is -0.465 e. The first-order chi connectivity index (χ1) is 11.5. The number of methoxy groups -OCH3 is 1. The smallest absolute Gasteiger partial charge is 0.337 e. The van der Waals surface area contributed by atoms with Gasteiger partial charge < -0.3 is 15.4 Å². The first kappa shape index (κ1) is 16.7. The molecule has 0 aliphatic rings. The normalized spacial score (nSPS) is 9.50. The number of nitrogens with zero attached hydrogens (tertiary/aromatic N) is 1. The highest BCUT2D eigenvalue weighted by Gasteiger charge is 2.16. The SMILES string of the molecule is COC(=O)c1cccc(NC(=O)C(=O)Nc2ccccc2C#N)c1. The van der Waals surface area contributed by atoms with E-state index in [4.69, 9.17) is 5.26 Å². The van der Waals surface area contributed by atoms with Crippen molar-refractivity contribution in [3.8, 4) is 6.07 Å². The van der Waals surface area contributed by atoms with E-state index < -0.39 is 17.8 Å². The molecule has 2 N–H and O–H groups in total. The fraction of sp³-hybridized carbons (Fsp3) is 0.0588. The van der Waals surface area contributed by atoms with Gasteiger partial charge in [0, 0.05) is 5.69 Å². The van der Waals surface area contributed by atoms with E-state index in [2.05, 4.69) is 15.4 Å². The Balaban J connectivity index is 2.08. The first-order valence-electron chi connectivity index (χ1n) is 6.85. The Bertz CT molecular complexity index is 840. The molecule has 2 rings (SSSR count). The topological polar surface area (TPSA) is 108 Å². The second-order valence-corrected chi connectivity index (χ2v) is 4.64. The molecule has 0 aliphatic carbocycles. The van der Waals surface area contributed by atoms with Crippen molar-refractivity contribution in [3.05, 3.63) is 59.7 Å². The number of ether oxygens (including phenoxy) is 1. The summed E-state index contributed by atoms with van der Waals surface area (Å²) in [7, 11) is 1.24. The fourth-order valence-corrected chi connectivity index (χ4v) is 1.90. The maximum atomic E-state index is 11.9. The largest absolute Gasteiger partial charge is 0.465 e. The third-order valence-corrected chi connectivity index (χ3v) is 3.04. The summed E-state index contributed by atoms with van der Waals surface area (Å²) in [4.78, 5) is 35.3. The van der Waals surface area contributed by atoms with Crippen LogP contribution in [0.2, 0.25) is 0 Å². The van der Waals surface area contributed by atoms with Crippen LogP contribution in [0.5, 0.6) is 0 Å². The van der Waals surface area contributed by atoms with E-state index in [1.807, 2.05) is 6.07 Å². The van der Waals surface area contributed by atoms with Gasteiger partial charge in [-0.05, 0) is 30.3 Å². The van der Waals surface area contributed by atoms with E-state index >= 15 is 0 Å². The molecule has 24 heavy (non-hydrogen) atoms. The zero-order chi connectivity index (χ0) is 17.5. The van der Waals surface area contributed by atoms with Gasteiger partial charge in [0.15, 0.2) is 0 Å². The molecule has 0 unspecified atom stereocenters. The van der Waals surface area contributed by atoms with Crippen molar-refractivity contribution in [1.29, 1.82) is 5.26 Å². The van der Waals surface area contributed by atoms with Gasteiger partial charge in [-0.3, -0.25) is 9.59 Å². The number of rotatable bonds is 3. The lowest BCUT2D eigenvalue weighted by Gasteiger charge is -2.08. The van der Waals surface area contributed by atoms with E-state index in [0.717, 1.165) is 0 Å². The van der Waals surface area contributed by atoms with Gasteiger partial charge in [-0.25, -0.2) is 4.79 Å². The van der Waals surface area contributed by atoms with Crippen LogP contribution in [0.1, 0.15) is 15.9 Å². The third-order valence-electron chi connectivity index (χ3n) is 3.04. The Morgan fingerprint density at radius 2 is 1.71 bits per heavy atom. The number of esters is 1. The number of nitrogens with one attached hydrogen (secondary N) is 2. The number of hydrogen-bond acceptors (Lipinski definition) is 5. The van der Waals surface area contributed by atoms with Crippen molar-refractivity contribution in [1.82, 2.24) is 0 Å². The molecule has 2 amide bonds. The molecule has 0 saturated heterocycles. The highest BCUT2D eigenvalue weighted by molar-refractivity contribution is 6.43. The molecule has 2 aromatic carbocycles. The highest BCUT2D eigenvalue weighted by Crippen LogP contribution is 2.14. The van der Waals surface area contributed by atoms with Gasteiger partial charge >= 0.3 is 17.8 Å². The number of hydrogen-bond donors (Lipinski definition) is 2. The van der Waals surface area contributed by atoms with Gasteiger partial charge in [0.05, 0.1) is 23.9 Å². The van der Waals surface area contributed by atoms with Crippen molar-refractivity contribution < 1.29 is 19.1 Å².